The van der Waals surface area contributed by atoms with Gasteiger partial charge in [0.05, 0.1) is 12.2 Å². The molecular weight excluding hydrogens is 192 g/mol. The van der Waals surface area contributed by atoms with Crippen molar-refractivity contribution in [3.8, 4) is 11.8 Å². The Hall–Kier alpha value is -1.79. The van der Waals surface area contributed by atoms with Crippen LogP contribution in [0.4, 0.5) is 0 Å². The first kappa shape index (κ1) is 13.2. The highest BCUT2D eigenvalue weighted by Gasteiger charge is 1.96. The van der Waals surface area contributed by atoms with Crippen LogP contribution < -0.4 is 0 Å². The molecule has 0 radical (unpaired) electrons. The van der Waals surface area contributed by atoms with Crippen molar-refractivity contribution in [3.63, 3.8) is 0 Å². The van der Waals surface area contributed by atoms with E-state index in [2.05, 4.69) is 11.8 Å². The minimum atomic E-state index is -0.879. The molecule has 0 fully saturated rings. The Bertz CT molecular complexity index is 333. The fourth-order valence-corrected chi connectivity index (χ4v) is 0.762. The van der Waals surface area contributed by atoms with Crippen molar-refractivity contribution in [1.29, 1.82) is 0 Å². The first-order valence-electron chi connectivity index (χ1n) is 4.51. The molecule has 0 aromatic heterocycles. The van der Waals surface area contributed by atoms with E-state index in [1.807, 2.05) is 0 Å². The molecule has 15 heavy (non-hydrogen) atoms. The second kappa shape index (κ2) is 8.79. The topological polar surface area (TPSA) is 57.5 Å². The summed E-state index contributed by atoms with van der Waals surface area (Å²) in [6, 6.07) is 8.30. The van der Waals surface area contributed by atoms with Crippen molar-refractivity contribution in [3.05, 3.63) is 35.9 Å². The van der Waals surface area contributed by atoms with E-state index >= 15 is 0 Å². The maximum absolute atomic E-state index is 10.2. The Morgan fingerprint density at radius 3 is 2.20 bits per heavy atom. The summed E-state index contributed by atoms with van der Waals surface area (Å²) in [4.78, 5) is 10.2. The molecule has 80 valence electrons. The molecule has 0 heterocycles. The molecular formula is C12H14O3. The smallest absolute Gasteiger partial charge is 0.335 e. The Labute approximate surface area is 89.4 Å². The normalized spacial score (nSPS) is 7.87. The van der Waals surface area contributed by atoms with Crippen LogP contribution in [-0.4, -0.2) is 22.8 Å². The standard InChI is InChI=1S/C7H6O2.C5H8O/c8-7(9)6-4-2-1-3-5-6;1-2-3-4-5-6/h1-5H,(H,8,9);6H,4-5H2,1H3. The third-order valence-corrected chi connectivity index (χ3v) is 1.43. The molecule has 2 N–H and O–H groups in total. The fourth-order valence-electron chi connectivity index (χ4n) is 0.762. The van der Waals surface area contributed by atoms with Gasteiger partial charge >= 0.3 is 5.97 Å². The van der Waals surface area contributed by atoms with E-state index in [4.69, 9.17) is 10.2 Å². The van der Waals surface area contributed by atoms with Crippen LogP contribution in [0.5, 0.6) is 0 Å². The van der Waals surface area contributed by atoms with Crippen molar-refractivity contribution in [1.82, 2.24) is 0 Å². The van der Waals surface area contributed by atoms with Crippen LogP contribution in [0, 0.1) is 11.8 Å². The Balaban J connectivity index is 0.000000288. The second-order valence-corrected chi connectivity index (χ2v) is 2.57. The summed E-state index contributed by atoms with van der Waals surface area (Å²) in [5, 5.41) is 16.5. The quantitative estimate of drug-likeness (QED) is 0.725. The molecule has 0 aliphatic rings. The van der Waals surface area contributed by atoms with Gasteiger partial charge in [0.25, 0.3) is 0 Å². The molecule has 0 amide bonds. The van der Waals surface area contributed by atoms with E-state index in [1.165, 1.54) is 0 Å². The number of aliphatic hydroxyl groups excluding tert-OH is 1. The number of aliphatic hydroxyl groups is 1. The molecule has 0 aliphatic heterocycles. The molecule has 0 unspecified atom stereocenters. The average molecular weight is 206 g/mol. The first-order chi connectivity index (χ1) is 7.22. The van der Waals surface area contributed by atoms with E-state index in [9.17, 15) is 4.79 Å². The number of rotatable bonds is 2. The molecule has 0 aliphatic carbocycles. The molecule has 3 heteroatoms. The molecule has 0 saturated carbocycles. The summed E-state index contributed by atoms with van der Waals surface area (Å²) < 4.78 is 0. The lowest BCUT2D eigenvalue weighted by molar-refractivity contribution is 0.0697. The molecule has 0 bridgehead atoms. The number of carboxylic acids is 1. The largest absolute Gasteiger partial charge is 0.478 e. The lowest BCUT2D eigenvalue weighted by Gasteiger charge is -1.88. The summed E-state index contributed by atoms with van der Waals surface area (Å²) in [6.07, 6.45) is 0.608. The van der Waals surface area contributed by atoms with Crippen molar-refractivity contribution in [2.24, 2.45) is 0 Å². The van der Waals surface area contributed by atoms with Crippen LogP contribution in [0.2, 0.25) is 0 Å². The van der Waals surface area contributed by atoms with Crippen molar-refractivity contribution in [2.45, 2.75) is 13.3 Å². The molecule has 3 nitrogen and oxygen atoms in total. The maximum Gasteiger partial charge on any atom is 0.335 e. The van der Waals surface area contributed by atoms with Gasteiger partial charge in [-0.1, -0.05) is 18.2 Å². The van der Waals surface area contributed by atoms with Gasteiger partial charge in [-0.05, 0) is 19.1 Å². The van der Waals surface area contributed by atoms with Gasteiger partial charge in [-0.25, -0.2) is 4.79 Å². The number of hydrogen-bond donors (Lipinski definition) is 2. The van der Waals surface area contributed by atoms with Crippen LogP contribution in [0.3, 0.4) is 0 Å². The maximum atomic E-state index is 10.2. The Morgan fingerprint density at radius 2 is 1.93 bits per heavy atom. The minimum absolute atomic E-state index is 0.181. The number of carbonyl (C=O) groups is 1. The van der Waals surface area contributed by atoms with Crippen molar-refractivity contribution >= 4 is 5.97 Å². The fraction of sp³-hybridized carbons (Fsp3) is 0.250. The summed E-state index contributed by atoms with van der Waals surface area (Å²) in [7, 11) is 0. The van der Waals surface area contributed by atoms with Gasteiger partial charge in [-0.3, -0.25) is 0 Å². The van der Waals surface area contributed by atoms with E-state index in [-0.39, 0.29) is 6.61 Å². The van der Waals surface area contributed by atoms with Crippen LogP contribution in [0.15, 0.2) is 30.3 Å². The van der Waals surface area contributed by atoms with Crippen LogP contribution in [-0.2, 0) is 0 Å². The summed E-state index contributed by atoms with van der Waals surface area (Å²) in [5.74, 6) is 4.48. The van der Waals surface area contributed by atoms with Gasteiger partial charge in [0.15, 0.2) is 0 Å². The van der Waals surface area contributed by atoms with E-state index < -0.39 is 5.97 Å². The summed E-state index contributed by atoms with van der Waals surface area (Å²) in [5.41, 5.74) is 0.331. The van der Waals surface area contributed by atoms with Crippen molar-refractivity contribution in [2.75, 3.05) is 6.61 Å². The second-order valence-electron chi connectivity index (χ2n) is 2.57. The zero-order valence-electron chi connectivity index (χ0n) is 8.60. The lowest BCUT2D eigenvalue weighted by Crippen LogP contribution is -1.93. The highest BCUT2D eigenvalue weighted by atomic mass is 16.4. The molecule has 0 spiro atoms. The highest BCUT2D eigenvalue weighted by molar-refractivity contribution is 5.87. The van der Waals surface area contributed by atoms with Crippen LogP contribution in [0.1, 0.15) is 23.7 Å². The highest BCUT2D eigenvalue weighted by Crippen LogP contribution is 1.96. The predicted molar refractivity (Wildman–Crippen MR) is 58.6 cm³/mol. The summed E-state index contributed by atoms with van der Waals surface area (Å²) >= 11 is 0. The van der Waals surface area contributed by atoms with E-state index in [0.29, 0.717) is 12.0 Å². The van der Waals surface area contributed by atoms with Gasteiger partial charge in [0.2, 0.25) is 0 Å². The van der Waals surface area contributed by atoms with Gasteiger partial charge < -0.3 is 10.2 Å². The SMILES string of the molecule is CC#CCCO.O=C(O)c1ccccc1. The summed E-state index contributed by atoms with van der Waals surface area (Å²) in [6.45, 7) is 1.94. The van der Waals surface area contributed by atoms with Gasteiger partial charge in [-0.2, -0.15) is 0 Å². The molecule has 0 saturated heterocycles. The molecule has 1 rings (SSSR count). The van der Waals surface area contributed by atoms with Gasteiger partial charge in [-0.15, -0.1) is 11.8 Å². The van der Waals surface area contributed by atoms with Crippen LogP contribution in [0.25, 0.3) is 0 Å². The zero-order valence-corrected chi connectivity index (χ0v) is 8.60. The van der Waals surface area contributed by atoms with E-state index in [1.54, 1.807) is 37.3 Å². The minimum Gasteiger partial charge on any atom is -0.478 e. The lowest BCUT2D eigenvalue weighted by atomic mass is 10.2. The van der Waals surface area contributed by atoms with E-state index in [0.717, 1.165) is 0 Å². The zero-order chi connectivity index (χ0) is 11.5. The number of aromatic carboxylic acids is 1. The third-order valence-electron chi connectivity index (χ3n) is 1.43. The van der Waals surface area contributed by atoms with Crippen LogP contribution >= 0.6 is 0 Å². The molecule has 0 atom stereocenters. The Morgan fingerprint density at radius 1 is 1.33 bits per heavy atom. The third kappa shape index (κ3) is 7.29. The molecule has 1 aromatic rings. The van der Waals surface area contributed by atoms with Gasteiger partial charge in [0.1, 0.15) is 0 Å². The molecule has 1 aromatic carbocycles. The Kier molecular flexibility index (Phi) is 7.74. The van der Waals surface area contributed by atoms with Crippen molar-refractivity contribution < 1.29 is 15.0 Å². The predicted octanol–water partition coefficient (Wildman–Crippen LogP) is 1.78. The van der Waals surface area contributed by atoms with Gasteiger partial charge in [0, 0.05) is 6.42 Å². The number of carboxylic acid groups (broad SMARTS) is 1. The number of hydrogen-bond acceptors (Lipinski definition) is 2. The monoisotopic (exact) mass is 206 g/mol. The average Bonchev–Trinajstić information content (AvgIpc) is 2.28. The number of benzene rings is 1. The first-order valence-corrected chi connectivity index (χ1v) is 4.51.